The van der Waals surface area contributed by atoms with Gasteiger partial charge in [-0.2, -0.15) is 0 Å². The lowest BCUT2D eigenvalue weighted by Crippen LogP contribution is -2.33. The molecule has 8 aromatic carbocycles. The number of hydrogen-bond acceptors (Lipinski definition) is 2. The van der Waals surface area contributed by atoms with Gasteiger partial charge in [-0.3, -0.25) is 9.97 Å². The molecular formula is C59H39N3. The van der Waals surface area contributed by atoms with Crippen molar-refractivity contribution in [3.63, 3.8) is 0 Å². The molecule has 3 nitrogen and oxygen atoms in total. The zero-order valence-electron chi connectivity index (χ0n) is 33.9. The molecule has 4 aliphatic carbocycles. The van der Waals surface area contributed by atoms with E-state index >= 15 is 0 Å². The summed E-state index contributed by atoms with van der Waals surface area (Å²) in [5.74, 6) is 0.756. The maximum Gasteiger partial charge on any atom is 0.0971 e. The van der Waals surface area contributed by atoms with Crippen LogP contribution in [0.5, 0.6) is 0 Å². The maximum atomic E-state index is 4.79. The number of fused-ring (bicyclic) bond motifs is 19. The third kappa shape index (κ3) is 4.50. The van der Waals surface area contributed by atoms with Gasteiger partial charge in [-0.05, 0) is 97.6 Å². The van der Waals surface area contributed by atoms with Gasteiger partial charge in [0.15, 0.2) is 0 Å². The number of benzene rings is 8. The monoisotopic (exact) mass is 789 g/mol. The minimum atomic E-state index is -0.269. The first-order chi connectivity index (χ1) is 30.8. The third-order valence-electron chi connectivity index (χ3n) is 14.7. The van der Waals surface area contributed by atoms with Gasteiger partial charge in [0, 0.05) is 57.4 Å². The van der Waals surface area contributed by atoms with Crippen molar-refractivity contribution in [3.05, 3.63) is 240 Å². The molecule has 0 saturated carbocycles. The van der Waals surface area contributed by atoms with Crippen molar-refractivity contribution in [3.8, 4) is 11.1 Å². The number of rotatable bonds is 3. The molecule has 2 aromatic heterocycles. The lowest BCUT2D eigenvalue weighted by Gasteiger charge is -2.37. The van der Waals surface area contributed by atoms with Gasteiger partial charge in [0.2, 0.25) is 0 Å². The minimum Gasteiger partial charge on any atom is -0.310 e. The molecular weight excluding hydrogens is 751 g/mol. The Morgan fingerprint density at radius 2 is 1.18 bits per heavy atom. The maximum absolute atomic E-state index is 4.79. The Labute approximate surface area is 359 Å². The topological polar surface area (TPSA) is 30.7 Å². The van der Waals surface area contributed by atoms with Crippen LogP contribution in [0.15, 0.2) is 207 Å². The highest BCUT2D eigenvalue weighted by molar-refractivity contribution is 6.23. The lowest BCUT2D eigenvalue weighted by atomic mass is 9.65. The molecule has 4 aliphatic rings. The van der Waals surface area contributed by atoms with E-state index in [-0.39, 0.29) is 23.2 Å². The number of allylic oxidation sites excluding steroid dienone is 8. The highest BCUT2D eigenvalue weighted by Gasteiger charge is 2.57. The molecule has 0 N–H and O–H groups in total. The second-order valence-corrected chi connectivity index (χ2v) is 17.5. The molecule has 10 aromatic rings. The van der Waals surface area contributed by atoms with Crippen molar-refractivity contribution in [1.82, 2.24) is 14.5 Å². The Morgan fingerprint density at radius 3 is 1.98 bits per heavy atom. The van der Waals surface area contributed by atoms with Crippen LogP contribution in [0.25, 0.3) is 76.8 Å². The number of hydrogen-bond donors (Lipinski definition) is 0. The van der Waals surface area contributed by atoms with Crippen LogP contribution in [-0.2, 0) is 5.41 Å². The molecule has 0 saturated heterocycles. The average Bonchev–Trinajstić information content (AvgIpc) is 3.95. The minimum absolute atomic E-state index is 0.220. The molecule has 2 heterocycles. The third-order valence-corrected chi connectivity index (χ3v) is 14.7. The zero-order valence-corrected chi connectivity index (χ0v) is 33.9. The van der Waals surface area contributed by atoms with Gasteiger partial charge in [0.1, 0.15) is 0 Å². The van der Waals surface area contributed by atoms with E-state index in [1.54, 1.807) is 12.4 Å². The first-order valence-electron chi connectivity index (χ1n) is 21.9. The van der Waals surface area contributed by atoms with Crippen molar-refractivity contribution >= 4 is 65.7 Å². The van der Waals surface area contributed by atoms with E-state index in [2.05, 4.69) is 199 Å². The van der Waals surface area contributed by atoms with Gasteiger partial charge >= 0.3 is 0 Å². The molecule has 0 bridgehead atoms. The van der Waals surface area contributed by atoms with Gasteiger partial charge in [-0.15, -0.1) is 0 Å². The first-order valence-corrected chi connectivity index (χ1v) is 21.9. The summed E-state index contributed by atoms with van der Waals surface area (Å²) in [6.45, 7) is 0. The summed E-state index contributed by atoms with van der Waals surface area (Å²) in [5, 5.41) is 7.28. The molecule has 3 atom stereocenters. The van der Waals surface area contributed by atoms with E-state index in [9.17, 15) is 0 Å². The van der Waals surface area contributed by atoms with Crippen molar-refractivity contribution in [2.45, 2.75) is 23.7 Å². The molecule has 3 heteroatoms. The normalized spacial score (nSPS) is 19.3. The first kappa shape index (κ1) is 34.1. The van der Waals surface area contributed by atoms with E-state index in [1.807, 2.05) is 0 Å². The summed E-state index contributed by atoms with van der Waals surface area (Å²) in [6.07, 6.45) is 19.2. The van der Waals surface area contributed by atoms with Gasteiger partial charge in [0.05, 0.1) is 27.5 Å². The molecule has 0 radical (unpaired) electrons. The van der Waals surface area contributed by atoms with Crippen molar-refractivity contribution < 1.29 is 0 Å². The molecule has 1 spiro atoms. The fourth-order valence-electron chi connectivity index (χ4n) is 12.2. The van der Waals surface area contributed by atoms with Crippen LogP contribution in [0.1, 0.15) is 51.6 Å². The zero-order chi connectivity index (χ0) is 40.5. The van der Waals surface area contributed by atoms with E-state index < -0.39 is 0 Å². The summed E-state index contributed by atoms with van der Waals surface area (Å²) in [7, 11) is 0. The quantitative estimate of drug-likeness (QED) is 0.167. The standard InChI is InChI=1S/C59H39N3/c1-2-19-47-41(14-1)49-33-38(24-27-48(49)58-57(47)60-30-31-61-58)36-12-11-13-37(32-36)39-25-29-56-50(34-39)46-18-6-10-23-55(46)62(56)40-26-28-45-44-17-5-9-22-53(44)59(54(45)35-40)51-20-7-3-15-42(51)43-16-4-8-21-52(43)59/h1-12,14-35,37,45,54H,13H2. The Morgan fingerprint density at radius 1 is 0.516 bits per heavy atom. The average molecular weight is 790 g/mol. The fraction of sp³-hybridized carbons (Fsp3) is 0.0847. The summed E-state index contributed by atoms with van der Waals surface area (Å²) in [4.78, 5) is 9.53. The Bertz CT molecular complexity index is 3630. The molecule has 0 aliphatic heterocycles. The molecule has 62 heavy (non-hydrogen) atoms. The van der Waals surface area contributed by atoms with Crippen LogP contribution >= 0.6 is 0 Å². The Balaban J connectivity index is 0.895. The van der Waals surface area contributed by atoms with Gasteiger partial charge < -0.3 is 4.57 Å². The predicted octanol–water partition coefficient (Wildman–Crippen LogP) is 14.3. The van der Waals surface area contributed by atoms with Crippen LogP contribution in [0.4, 0.5) is 0 Å². The smallest absolute Gasteiger partial charge is 0.0971 e. The highest BCUT2D eigenvalue weighted by atomic mass is 15.0. The van der Waals surface area contributed by atoms with Crippen molar-refractivity contribution in [2.24, 2.45) is 5.92 Å². The Kier molecular flexibility index (Phi) is 6.99. The van der Waals surface area contributed by atoms with Crippen LogP contribution < -0.4 is 0 Å². The highest BCUT2D eigenvalue weighted by Crippen LogP contribution is 2.65. The summed E-state index contributed by atoms with van der Waals surface area (Å²) < 4.78 is 2.53. The van der Waals surface area contributed by atoms with E-state index in [0.29, 0.717) is 0 Å². The molecule has 14 rings (SSSR count). The van der Waals surface area contributed by atoms with E-state index in [0.717, 1.165) is 28.2 Å². The lowest BCUT2D eigenvalue weighted by molar-refractivity contribution is 0.466. The number of aromatic nitrogens is 3. The van der Waals surface area contributed by atoms with Gasteiger partial charge in [-0.1, -0.05) is 164 Å². The SMILES string of the molecule is C1=CC(c2ccc3c(c2)c2ccccc2c2nccnc32)=CC(c2ccc3c(c2)c2ccccc2n3C2=CC3C(C=C2)c2ccccc2C32c3ccccc3-c3ccccc32)C1. The molecule has 0 fully saturated rings. The second kappa shape index (κ2) is 12.7. The van der Waals surface area contributed by atoms with Gasteiger partial charge in [-0.25, -0.2) is 0 Å². The van der Waals surface area contributed by atoms with E-state index in [4.69, 9.17) is 9.97 Å². The number of para-hydroxylation sites is 1. The molecule has 0 amide bonds. The summed E-state index contributed by atoms with van der Waals surface area (Å²) in [6, 6.07) is 59.2. The van der Waals surface area contributed by atoms with Crippen LogP contribution in [0, 0.1) is 5.92 Å². The second-order valence-electron chi connectivity index (χ2n) is 17.5. The fourth-order valence-corrected chi connectivity index (χ4v) is 12.2. The van der Waals surface area contributed by atoms with Gasteiger partial charge in [0.25, 0.3) is 0 Å². The summed E-state index contributed by atoms with van der Waals surface area (Å²) in [5.41, 5.74) is 17.6. The summed E-state index contributed by atoms with van der Waals surface area (Å²) >= 11 is 0. The largest absolute Gasteiger partial charge is 0.310 e. The Hall–Kier alpha value is -7.62. The molecule has 290 valence electrons. The van der Waals surface area contributed by atoms with Crippen molar-refractivity contribution in [1.29, 1.82) is 0 Å². The van der Waals surface area contributed by atoms with Crippen molar-refractivity contribution in [2.75, 3.05) is 0 Å². The molecule has 3 unspecified atom stereocenters. The predicted molar refractivity (Wildman–Crippen MR) is 256 cm³/mol. The number of nitrogens with zero attached hydrogens (tertiary/aromatic N) is 3. The van der Waals surface area contributed by atoms with Crippen LogP contribution in [0.2, 0.25) is 0 Å². The van der Waals surface area contributed by atoms with E-state index in [1.165, 1.54) is 88.4 Å². The van der Waals surface area contributed by atoms with Crippen LogP contribution in [0.3, 0.4) is 0 Å². The van der Waals surface area contributed by atoms with Crippen LogP contribution in [-0.4, -0.2) is 14.5 Å².